The Bertz CT molecular complexity index is 558. The number of carboxylic acids is 1. The number of nitrogens with zero attached hydrogens (tertiary/aromatic N) is 2. The Kier molecular flexibility index (Phi) is 3.13. The molecule has 2 rings (SSSR count). The van der Waals surface area contributed by atoms with E-state index < -0.39 is 5.97 Å². The molecule has 0 atom stereocenters. The molecule has 0 bridgehead atoms. The second-order valence-electron chi connectivity index (χ2n) is 4.13. The molecule has 0 radical (unpaired) electrons. The van der Waals surface area contributed by atoms with Crippen LogP contribution in [0.5, 0.6) is 0 Å². The molecule has 0 aliphatic rings. The lowest BCUT2D eigenvalue weighted by Gasteiger charge is -2.00. The molecule has 1 N–H and O–H groups in total. The summed E-state index contributed by atoms with van der Waals surface area (Å²) in [6.45, 7) is 2.10. The summed E-state index contributed by atoms with van der Waals surface area (Å²) in [7, 11) is 1.93. The Balaban J connectivity index is 2.47. The van der Waals surface area contributed by atoms with Crippen LogP contribution < -0.4 is 0 Å². The first-order valence-electron chi connectivity index (χ1n) is 5.78. The molecule has 0 saturated heterocycles. The Morgan fingerprint density at radius 3 is 2.88 bits per heavy atom. The van der Waals surface area contributed by atoms with Crippen LogP contribution in [0.2, 0.25) is 0 Å². The second kappa shape index (κ2) is 4.57. The maximum absolute atomic E-state index is 10.6. The lowest BCUT2D eigenvalue weighted by atomic mass is 10.0. The highest BCUT2D eigenvalue weighted by Crippen LogP contribution is 2.22. The highest BCUT2D eigenvalue weighted by molar-refractivity contribution is 5.85. The van der Waals surface area contributed by atoms with Crippen LogP contribution in [0.25, 0.3) is 10.9 Å². The molecule has 1 aromatic carbocycles. The zero-order valence-corrected chi connectivity index (χ0v) is 10.1. The Morgan fingerprint density at radius 1 is 1.47 bits per heavy atom. The number of aromatic nitrogens is 2. The molecule has 0 saturated carbocycles. The number of aryl methyl sites for hydroxylation is 3. The van der Waals surface area contributed by atoms with Gasteiger partial charge < -0.3 is 5.11 Å². The molecule has 0 fully saturated rings. The monoisotopic (exact) mass is 232 g/mol. The summed E-state index contributed by atoms with van der Waals surface area (Å²) in [6.07, 6.45) is 1.61. The zero-order chi connectivity index (χ0) is 12.4. The quantitative estimate of drug-likeness (QED) is 0.878. The normalized spacial score (nSPS) is 10.9. The molecular weight excluding hydrogens is 216 g/mol. The van der Waals surface area contributed by atoms with Crippen LogP contribution in [0, 0.1) is 0 Å². The average Bonchev–Trinajstić information content (AvgIpc) is 2.62. The molecule has 0 aliphatic carbocycles. The van der Waals surface area contributed by atoms with Crippen LogP contribution in [0.15, 0.2) is 18.2 Å². The third-order valence-electron chi connectivity index (χ3n) is 3.01. The van der Waals surface area contributed by atoms with Crippen LogP contribution in [0.3, 0.4) is 0 Å². The highest BCUT2D eigenvalue weighted by Gasteiger charge is 2.11. The summed E-state index contributed by atoms with van der Waals surface area (Å²) < 4.78 is 1.88. The van der Waals surface area contributed by atoms with Crippen molar-refractivity contribution in [3.63, 3.8) is 0 Å². The topological polar surface area (TPSA) is 55.1 Å². The van der Waals surface area contributed by atoms with E-state index in [-0.39, 0.29) is 6.42 Å². The van der Waals surface area contributed by atoms with Crippen molar-refractivity contribution < 1.29 is 9.90 Å². The van der Waals surface area contributed by atoms with Crippen molar-refractivity contribution >= 4 is 16.9 Å². The molecule has 1 aromatic heterocycles. The number of fused-ring (bicyclic) bond motifs is 1. The molecule has 0 unspecified atom stereocenters. The van der Waals surface area contributed by atoms with Gasteiger partial charge in [-0.05, 0) is 18.4 Å². The highest BCUT2D eigenvalue weighted by atomic mass is 16.4. The number of carboxylic acid groups (broad SMARTS) is 1. The number of aliphatic carboxylic acids is 1. The zero-order valence-electron chi connectivity index (χ0n) is 10.1. The van der Waals surface area contributed by atoms with E-state index >= 15 is 0 Å². The first-order chi connectivity index (χ1) is 8.13. The number of hydrogen-bond donors (Lipinski definition) is 1. The molecule has 4 nitrogen and oxygen atoms in total. The van der Waals surface area contributed by atoms with Crippen LogP contribution in [0.1, 0.15) is 24.6 Å². The Hall–Kier alpha value is -1.84. The van der Waals surface area contributed by atoms with Gasteiger partial charge in [0.1, 0.15) is 0 Å². The molecule has 2 aromatic rings. The van der Waals surface area contributed by atoms with Crippen molar-refractivity contribution in [1.82, 2.24) is 9.78 Å². The van der Waals surface area contributed by atoms with Crippen LogP contribution >= 0.6 is 0 Å². The number of hydrogen-bond acceptors (Lipinski definition) is 2. The fraction of sp³-hybridized carbons (Fsp3) is 0.385. The fourth-order valence-electron chi connectivity index (χ4n) is 2.19. The minimum absolute atomic E-state index is 0.150. The average molecular weight is 232 g/mol. The summed E-state index contributed by atoms with van der Waals surface area (Å²) in [5, 5.41) is 14.3. The van der Waals surface area contributed by atoms with Gasteiger partial charge in [0.2, 0.25) is 0 Å². The van der Waals surface area contributed by atoms with Crippen molar-refractivity contribution in [1.29, 1.82) is 0 Å². The molecule has 90 valence electrons. The number of rotatable bonds is 4. The summed E-state index contributed by atoms with van der Waals surface area (Å²) in [6, 6.07) is 5.98. The van der Waals surface area contributed by atoms with E-state index in [4.69, 9.17) is 5.11 Å². The van der Waals surface area contributed by atoms with E-state index in [2.05, 4.69) is 12.0 Å². The SMILES string of the molecule is CCc1c2cccc(CCC(=O)O)c2nn1C. The van der Waals surface area contributed by atoms with E-state index in [0.717, 1.165) is 22.9 Å². The van der Waals surface area contributed by atoms with E-state index in [1.165, 1.54) is 5.69 Å². The molecule has 0 amide bonds. The third kappa shape index (κ3) is 2.16. The molecule has 1 heterocycles. The molecule has 17 heavy (non-hydrogen) atoms. The van der Waals surface area contributed by atoms with Gasteiger partial charge in [-0.3, -0.25) is 9.48 Å². The number of benzene rings is 1. The smallest absolute Gasteiger partial charge is 0.303 e. The van der Waals surface area contributed by atoms with Gasteiger partial charge in [-0.1, -0.05) is 25.1 Å². The van der Waals surface area contributed by atoms with Gasteiger partial charge in [0, 0.05) is 24.5 Å². The molecular formula is C13H16N2O2. The van der Waals surface area contributed by atoms with Crippen LogP contribution in [-0.4, -0.2) is 20.9 Å². The summed E-state index contributed by atoms with van der Waals surface area (Å²) in [5.74, 6) is -0.770. The van der Waals surface area contributed by atoms with Crippen LogP contribution in [-0.2, 0) is 24.7 Å². The summed E-state index contributed by atoms with van der Waals surface area (Å²) >= 11 is 0. The van der Waals surface area contributed by atoms with Crippen molar-refractivity contribution in [2.75, 3.05) is 0 Å². The molecule has 4 heteroatoms. The summed E-state index contributed by atoms with van der Waals surface area (Å²) in [4.78, 5) is 10.6. The Labute approximate surface area is 99.9 Å². The van der Waals surface area contributed by atoms with Gasteiger partial charge in [0.05, 0.1) is 5.52 Å². The largest absolute Gasteiger partial charge is 0.481 e. The van der Waals surface area contributed by atoms with E-state index in [1.807, 2.05) is 29.9 Å². The standard InChI is InChI=1S/C13H16N2O2/c1-3-11-10-6-4-5-9(7-8-12(16)17)13(10)14-15(11)2/h4-6H,3,7-8H2,1-2H3,(H,16,17). The van der Waals surface area contributed by atoms with Gasteiger partial charge in [-0.15, -0.1) is 0 Å². The van der Waals surface area contributed by atoms with E-state index in [9.17, 15) is 4.79 Å². The predicted octanol–water partition coefficient (Wildman–Crippen LogP) is 2.15. The lowest BCUT2D eigenvalue weighted by molar-refractivity contribution is -0.136. The number of carbonyl (C=O) groups is 1. The second-order valence-corrected chi connectivity index (χ2v) is 4.13. The van der Waals surface area contributed by atoms with Gasteiger partial charge in [-0.25, -0.2) is 0 Å². The molecule has 0 aliphatic heterocycles. The van der Waals surface area contributed by atoms with E-state index in [0.29, 0.717) is 6.42 Å². The molecule has 0 spiro atoms. The van der Waals surface area contributed by atoms with Gasteiger partial charge >= 0.3 is 5.97 Å². The third-order valence-corrected chi connectivity index (χ3v) is 3.01. The Morgan fingerprint density at radius 2 is 2.24 bits per heavy atom. The first kappa shape index (κ1) is 11.6. The maximum atomic E-state index is 10.6. The van der Waals surface area contributed by atoms with Crippen molar-refractivity contribution in [3.05, 3.63) is 29.5 Å². The van der Waals surface area contributed by atoms with E-state index in [1.54, 1.807) is 0 Å². The van der Waals surface area contributed by atoms with Crippen LogP contribution in [0.4, 0.5) is 0 Å². The lowest BCUT2D eigenvalue weighted by Crippen LogP contribution is -1.98. The van der Waals surface area contributed by atoms with Gasteiger partial charge in [-0.2, -0.15) is 5.10 Å². The summed E-state index contributed by atoms with van der Waals surface area (Å²) in [5.41, 5.74) is 3.14. The minimum Gasteiger partial charge on any atom is -0.481 e. The minimum atomic E-state index is -0.770. The maximum Gasteiger partial charge on any atom is 0.303 e. The fourth-order valence-corrected chi connectivity index (χ4v) is 2.19. The van der Waals surface area contributed by atoms with Gasteiger partial charge in [0.15, 0.2) is 0 Å². The van der Waals surface area contributed by atoms with Crippen molar-refractivity contribution in [3.8, 4) is 0 Å². The first-order valence-corrected chi connectivity index (χ1v) is 5.78. The predicted molar refractivity (Wildman–Crippen MR) is 66.0 cm³/mol. The van der Waals surface area contributed by atoms with Crippen molar-refractivity contribution in [2.45, 2.75) is 26.2 Å². The van der Waals surface area contributed by atoms with Gasteiger partial charge in [0.25, 0.3) is 0 Å². The van der Waals surface area contributed by atoms with Crippen molar-refractivity contribution in [2.24, 2.45) is 7.05 Å².